The van der Waals surface area contributed by atoms with Gasteiger partial charge in [0.15, 0.2) is 5.78 Å². The Bertz CT molecular complexity index is 1030. The van der Waals surface area contributed by atoms with Crippen LogP contribution in [0.1, 0.15) is 22.3 Å². The van der Waals surface area contributed by atoms with Crippen molar-refractivity contribution < 1.29 is 9.53 Å². The van der Waals surface area contributed by atoms with Gasteiger partial charge in [-0.1, -0.05) is 41.9 Å². The minimum absolute atomic E-state index is 0.0428. The van der Waals surface area contributed by atoms with Crippen molar-refractivity contribution in [2.75, 3.05) is 12.4 Å². The van der Waals surface area contributed by atoms with Gasteiger partial charge in [0.2, 0.25) is 0 Å². The monoisotopic (exact) mass is 363 g/mol. The Morgan fingerprint density at radius 2 is 1.92 bits per heavy atom. The third-order valence-corrected chi connectivity index (χ3v) is 5.22. The molecule has 1 N–H and O–H groups in total. The maximum atomic E-state index is 13.5. The van der Waals surface area contributed by atoms with Crippen molar-refractivity contribution in [1.29, 1.82) is 0 Å². The second kappa shape index (κ2) is 6.19. The number of ether oxygens (including phenoxy) is 1. The van der Waals surface area contributed by atoms with Crippen molar-refractivity contribution in [2.45, 2.75) is 12.0 Å². The molecule has 4 rings (SSSR count). The molecule has 4 heteroatoms. The van der Waals surface area contributed by atoms with Gasteiger partial charge in [-0.3, -0.25) is 4.79 Å². The van der Waals surface area contributed by atoms with E-state index in [0.717, 1.165) is 27.8 Å². The fourth-order valence-electron chi connectivity index (χ4n) is 3.83. The molecule has 3 nitrogen and oxygen atoms in total. The molecule has 0 aliphatic heterocycles. The van der Waals surface area contributed by atoms with Gasteiger partial charge in [0.1, 0.15) is 11.3 Å². The molecule has 0 fully saturated rings. The zero-order valence-electron chi connectivity index (χ0n) is 14.4. The number of rotatable bonds is 5. The number of nitrogens with one attached hydrogen (secondary N) is 1. The molecule has 0 bridgehead atoms. The zero-order chi connectivity index (χ0) is 18.3. The normalized spacial score (nSPS) is 18.2. The standard InChI is InChI=1S/C22H18ClNO2/c1-3-13-22(24-15-9-7-14(23)8-10-15)18-11-12-19(26-2)16-5-4-6-17(20(16)18)21(22)25/h3-12,24H,1,13H2,2H3. The van der Waals surface area contributed by atoms with Gasteiger partial charge in [-0.05, 0) is 42.3 Å². The van der Waals surface area contributed by atoms with E-state index in [-0.39, 0.29) is 5.78 Å². The second-order valence-corrected chi connectivity index (χ2v) is 6.84. The third-order valence-electron chi connectivity index (χ3n) is 4.97. The Morgan fingerprint density at radius 1 is 1.15 bits per heavy atom. The van der Waals surface area contributed by atoms with E-state index in [0.29, 0.717) is 17.0 Å². The molecule has 0 heterocycles. The molecule has 3 aromatic rings. The molecular formula is C22H18ClNO2. The predicted molar refractivity (Wildman–Crippen MR) is 106 cm³/mol. The highest BCUT2D eigenvalue weighted by Crippen LogP contribution is 2.47. The number of ketones is 1. The molecule has 0 aromatic heterocycles. The molecule has 0 amide bonds. The van der Waals surface area contributed by atoms with Gasteiger partial charge in [-0.25, -0.2) is 0 Å². The van der Waals surface area contributed by atoms with E-state index >= 15 is 0 Å². The molecule has 1 aliphatic rings. The van der Waals surface area contributed by atoms with Crippen LogP contribution in [0.25, 0.3) is 10.8 Å². The quantitative estimate of drug-likeness (QED) is 0.601. The first-order valence-electron chi connectivity index (χ1n) is 8.40. The maximum absolute atomic E-state index is 13.5. The average molecular weight is 364 g/mol. The number of carbonyl (C=O) groups is 1. The van der Waals surface area contributed by atoms with Crippen LogP contribution >= 0.6 is 11.6 Å². The van der Waals surface area contributed by atoms with Crippen molar-refractivity contribution in [3.8, 4) is 5.75 Å². The third kappa shape index (κ3) is 2.31. The van der Waals surface area contributed by atoms with Gasteiger partial charge >= 0.3 is 0 Å². The molecule has 1 atom stereocenters. The van der Waals surface area contributed by atoms with E-state index in [2.05, 4.69) is 11.9 Å². The van der Waals surface area contributed by atoms with E-state index in [9.17, 15) is 4.79 Å². The predicted octanol–water partition coefficient (Wildman–Crippen LogP) is 5.58. The summed E-state index contributed by atoms with van der Waals surface area (Å²) in [6, 6.07) is 17.0. The van der Waals surface area contributed by atoms with Crippen molar-refractivity contribution in [3.63, 3.8) is 0 Å². The molecule has 0 saturated carbocycles. The summed E-state index contributed by atoms with van der Waals surface area (Å²) in [7, 11) is 1.64. The highest BCUT2D eigenvalue weighted by Gasteiger charge is 2.47. The van der Waals surface area contributed by atoms with Gasteiger partial charge in [0.05, 0.1) is 7.11 Å². The highest BCUT2D eigenvalue weighted by atomic mass is 35.5. The van der Waals surface area contributed by atoms with E-state index < -0.39 is 5.54 Å². The molecule has 1 aliphatic carbocycles. The minimum atomic E-state index is -0.885. The molecule has 130 valence electrons. The van der Waals surface area contributed by atoms with Crippen LogP contribution in [0.2, 0.25) is 5.02 Å². The number of halogens is 1. The topological polar surface area (TPSA) is 38.3 Å². The average Bonchev–Trinajstić information content (AvgIpc) is 2.89. The van der Waals surface area contributed by atoms with Crippen LogP contribution in [0.3, 0.4) is 0 Å². The summed E-state index contributed by atoms with van der Waals surface area (Å²) < 4.78 is 5.49. The molecule has 0 radical (unpaired) electrons. The van der Waals surface area contributed by atoms with Crippen LogP contribution in [0.5, 0.6) is 5.75 Å². The van der Waals surface area contributed by atoms with E-state index in [1.54, 1.807) is 13.2 Å². The van der Waals surface area contributed by atoms with Crippen LogP contribution < -0.4 is 10.1 Å². The first-order chi connectivity index (χ1) is 12.6. The molecule has 1 unspecified atom stereocenters. The maximum Gasteiger partial charge on any atom is 0.193 e. The van der Waals surface area contributed by atoms with Gasteiger partial charge in [0, 0.05) is 27.0 Å². The largest absolute Gasteiger partial charge is 0.496 e. The number of anilines is 1. The first kappa shape index (κ1) is 16.7. The number of hydrogen-bond donors (Lipinski definition) is 1. The smallest absolute Gasteiger partial charge is 0.193 e. The van der Waals surface area contributed by atoms with Crippen molar-refractivity contribution in [3.05, 3.63) is 83.4 Å². The highest BCUT2D eigenvalue weighted by molar-refractivity contribution is 6.30. The lowest BCUT2D eigenvalue weighted by Crippen LogP contribution is -2.40. The van der Waals surface area contributed by atoms with Crippen molar-refractivity contribution in [2.24, 2.45) is 0 Å². The molecular weight excluding hydrogens is 346 g/mol. The second-order valence-electron chi connectivity index (χ2n) is 6.40. The summed E-state index contributed by atoms with van der Waals surface area (Å²) in [6.07, 6.45) is 2.26. The molecule has 26 heavy (non-hydrogen) atoms. The summed E-state index contributed by atoms with van der Waals surface area (Å²) >= 11 is 6.00. The lowest BCUT2D eigenvalue weighted by Gasteiger charge is -2.30. The number of carbonyl (C=O) groups excluding carboxylic acids is 1. The SMILES string of the molecule is C=CCC1(Nc2ccc(Cl)cc2)C(=O)c2cccc3c(OC)ccc1c23. The van der Waals surface area contributed by atoms with Gasteiger partial charge in [-0.15, -0.1) is 6.58 Å². The first-order valence-corrected chi connectivity index (χ1v) is 8.78. The summed E-state index contributed by atoms with van der Waals surface area (Å²) in [5, 5.41) is 6.00. The van der Waals surface area contributed by atoms with Crippen LogP contribution in [0.15, 0.2) is 67.3 Å². The molecule has 3 aromatic carbocycles. The lowest BCUT2D eigenvalue weighted by molar-refractivity contribution is 0.0915. The van der Waals surface area contributed by atoms with Crippen LogP contribution in [0.4, 0.5) is 5.69 Å². The Labute approximate surface area is 157 Å². The number of benzene rings is 3. The number of Topliss-reactive ketones (excluding diaryl/α,β-unsaturated/α-hetero) is 1. The fraction of sp³-hybridized carbons (Fsp3) is 0.136. The lowest BCUT2D eigenvalue weighted by atomic mass is 9.85. The Kier molecular flexibility index (Phi) is 3.97. The summed E-state index contributed by atoms with van der Waals surface area (Å²) in [4.78, 5) is 13.5. The zero-order valence-corrected chi connectivity index (χ0v) is 15.1. The van der Waals surface area contributed by atoms with Gasteiger partial charge in [-0.2, -0.15) is 0 Å². The fourth-order valence-corrected chi connectivity index (χ4v) is 3.95. The van der Waals surface area contributed by atoms with Crippen LogP contribution in [-0.2, 0) is 5.54 Å². The van der Waals surface area contributed by atoms with Crippen molar-refractivity contribution in [1.82, 2.24) is 0 Å². The number of methoxy groups -OCH3 is 1. The summed E-state index contributed by atoms with van der Waals surface area (Å²) in [6.45, 7) is 3.88. The van der Waals surface area contributed by atoms with Crippen molar-refractivity contribution >= 4 is 33.8 Å². The Morgan fingerprint density at radius 3 is 2.62 bits per heavy atom. The summed E-state index contributed by atoms with van der Waals surface area (Å²) in [5.41, 5.74) is 1.61. The molecule has 0 spiro atoms. The van der Waals surface area contributed by atoms with E-state index in [1.807, 2.05) is 54.6 Å². The van der Waals surface area contributed by atoms with E-state index in [4.69, 9.17) is 16.3 Å². The minimum Gasteiger partial charge on any atom is -0.496 e. The Hall–Kier alpha value is -2.78. The van der Waals surface area contributed by atoms with Crippen LogP contribution in [-0.4, -0.2) is 12.9 Å². The summed E-state index contributed by atoms with van der Waals surface area (Å²) in [5.74, 6) is 0.806. The van der Waals surface area contributed by atoms with Crippen LogP contribution in [0, 0.1) is 0 Å². The van der Waals surface area contributed by atoms with Gasteiger partial charge in [0.25, 0.3) is 0 Å². The Balaban J connectivity index is 1.95. The van der Waals surface area contributed by atoms with E-state index in [1.165, 1.54) is 0 Å². The molecule has 0 saturated heterocycles. The number of hydrogen-bond acceptors (Lipinski definition) is 3. The van der Waals surface area contributed by atoms with Gasteiger partial charge < -0.3 is 10.1 Å².